The molecule has 1 aliphatic rings. The maximum atomic E-state index is 12.5. The number of nitro groups is 1. The number of rotatable bonds is 7. The van der Waals surface area contributed by atoms with Crippen molar-refractivity contribution in [3.05, 3.63) is 63.7 Å². The topological polar surface area (TPSA) is 139 Å². The average Bonchev–Trinajstić information content (AvgIpc) is 2.98. The third-order valence-corrected chi connectivity index (χ3v) is 4.66. The van der Waals surface area contributed by atoms with Crippen LogP contribution in [0.25, 0.3) is 0 Å². The fourth-order valence-corrected chi connectivity index (χ4v) is 3.10. The molecule has 1 aliphatic heterocycles. The highest BCUT2D eigenvalue weighted by molar-refractivity contribution is 6.21. The van der Waals surface area contributed by atoms with Crippen molar-refractivity contribution in [1.82, 2.24) is 4.90 Å². The predicted octanol–water partition coefficient (Wildman–Crippen LogP) is 3.11. The Morgan fingerprint density at radius 2 is 1.58 bits per heavy atom. The molecule has 172 valence electrons. The van der Waals surface area contributed by atoms with E-state index >= 15 is 0 Å². The lowest BCUT2D eigenvalue weighted by Gasteiger charge is -2.15. The van der Waals surface area contributed by atoms with Gasteiger partial charge in [-0.2, -0.15) is 13.2 Å². The number of nitro benzene ring substituents is 1. The Kier molecular flexibility index (Phi) is 6.42. The van der Waals surface area contributed by atoms with Gasteiger partial charge in [-0.05, 0) is 24.6 Å². The molecule has 10 nitrogen and oxygen atoms in total. The molecule has 33 heavy (non-hydrogen) atoms. The highest BCUT2D eigenvalue weighted by Crippen LogP contribution is 2.27. The minimum absolute atomic E-state index is 0.0179. The zero-order chi connectivity index (χ0) is 24.3. The number of anilines is 2. The number of benzene rings is 2. The quantitative estimate of drug-likeness (QED) is 0.367. The average molecular weight is 464 g/mol. The number of para-hydroxylation sites is 2. The molecule has 0 saturated heterocycles. The molecule has 2 aromatic rings. The van der Waals surface area contributed by atoms with E-state index in [0.717, 1.165) is 17.0 Å². The molecule has 13 heteroatoms. The second-order valence-corrected chi connectivity index (χ2v) is 6.90. The molecule has 2 aromatic carbocycles. The molecule has 0 bridgehead atoms. The van der Waals surface area contributed by atoms with Gasteiger partial charge in [-0.25, -0.2) is 0 Å². The standard InChI is InChI=1S/C20H15F3N4O6/c21-20(22,23)19(31)25-15-5-2-1-4-14(15)24-16(28)6-3-9-26-17(29)12-8-7-11(27(32)33)10-13(12)18(26)30/h1-2,4-5,7-8,10H,3,6,9H2,(H,24,28)(H,25,31). The number of nitrogens with zero attached hydrogens (tertiary/aromatic N) is 2. The molecule has 1 heterocycles. The highest BCUT2D eigenvalue weighted by Gasteiger charge is 2.39. The molecule has 0 unspecified atom stereocenters. The van der Waals surface area contributed by atoms with Gasteiger partial charge in [0.2, 0.25) is 5.91 Å². The number of nitrogens with one attached hydrogen (secondary N) is 2. The van der Waals surface area contributed by atoms with Crippen LogP contribution in [0.2, 0.25) is 0 Å². The molecule has 0 saturated carbocycles. The van der Waals surface area contributed by atoms with Crippen LogP contribution in [0.4, 0.5) is 30.2 Å². The van der Waals surface area contributed by atoms with Gasteiger partial charge >= 0.3 is 12.1 Å². The third kappa shape index (κ3) is 5.14. The van der Waals surface area contributed by atoms with Crippen LogP contribution in [0.5, 0.6) is 0 Å². The molecule has 0 spiro atoms. The molecular formula is C20H15F3N4O6. The molecule has 0 aliphatic carbocycles. The van der Waals surface area contributed by atoms with E-state index in [0.29, 0.717) is 0 Å². The monoisotopic (exact) mass is 464 g/mol. The lowest BCUT2D eigenvalue weighted by Crippen LogP contribution is -2.31. The lowest BCUT2D eigenvalue weighted by atomic mass is 10.1. The summed E-state index contributed by atoms with van der Waals surface area (Å²) in [5.74, 6) is -4.20. The van der Waals surface area contributed by atoms with E-state index < -0.39 is 34.7 Å². The number of amides is 4. The molecule has 2 N–H and O–H groups in total. The SMILES string of the molecule is O=C(CCCN1C(=O)c2ccc([N+](=O)[O-])cc2C1=O)Nc1ccccc1NC(=O)C(F)(F)F. The van der Waals surface area contributed by atoms with Gasteiger partial charge in [-0.3, -0.25) is 34.2 Å². The summed E-state index contributed by atoms with van der Waals surface area (Å²) in [5.41, 5.74) is -0.743. The van der Waals surface area contributed by atoms with E-state index in [1.165, 1.54) is 30.3 Å². The smallest absolute Gasteiger partial charge is 0.324 e. The Labute approximate surface area is 183 Å². The fraction of sp³-hybridized carbons (Fsp3) is 0.200. The minimum atomic E-state index is -5.11. The van der Waals surface area contributed by atoms with Gasteiger partial charge in [-0.15, -0.1) is 0 Å². The molecule has 3 rings (SSSR count). The Morgan fingerprint density at radius 1 is 0.970 bits per heavy atom. The summed E-state index contributed by atoms with van der Waals surface area (Å²) in [5, 5.41) is 14.9. The number of imide groups is 1. The second-order valence-electron chi connectivity index (χ2n) is 6.90. The minimum Gasteiger partial charge on any atom is -0.324 e. The first-order valence-electron chi connectivity index (χ1n) is 9.40. The van der Waals surface area contributed by atoms with Crippen molar-refractivity contribution < 1.29 is 37.3 Å². The Balaban J connectivity index is 1.59. The second kappa shape index (κ2) is 9.06. The summed E-state index contributed by atoms with van der Waals surface area (Å²) in [6.07, 6.45) is -5.28. The van der Waals surface area contributed by atoms with Gasteiger partial charge in [-0.1, -0.05) is 12.1 Å². The van der Waals surface area contributed by atoms with E-state index in [4.69, 9.17) is 0 Å². The fourth-order valence-electron chi connectivity index (χ4n) is 3.10. The maximum absolute atomic E-state index is 12.5. The van der Waals surface area contributed by atoms with Crippen molar-refractivity contribution >= 4 is 40.7 Å². The van der Waals surface area contributed by atoms with Crippen LogP contribution in [-0.4, -0.2) is 46.2 Å². The van der Waals surface area contributed by atoms with Gasteiger partial charge in [0.15, 0.2) is 0 Å². The number of carbonyl (C=O) groups excluding carboxylic acids is 4. The zero-order valence-electron chi connectivity index (χ0n) is 16.6. The number of carbonyl (C=O) groups is 4. The number of halogens is 3. The van der Waals surface area contributed by atoms with Gasteiger partial charge in [0.1, 0.15) is 0 Å². The summed E-state index contributed by atoms with van der Waals surface area (Å²) in [6.45, 7) is -0.153. The van der Waals surface area contributed by atoms with E-state index in [2.05, 4.69) is 5.32 Å². The summed E-state index contributed by atoms with van der Waals surface area (Å²) < 4.78 is 37.4. The summed E-state index contributed by atoms with van der Waals surface area (Å²) >= 11 is 0. The lowest BCUT2D eigenvalue weighted by molar-refractivity contribution is -0.384. The van der Waals surface area contributed by atoms with E-state index in [1.807, 2.05) is 0 Å². The molecule has 0 radical (unpaired) electrons. The first-order valence-corrected chi connectivity index (χ1v) is 9.40. The molecule has 0 fully saturated rings. The third-order valence-electron chi connectivity index (χ3n) is 4.66. The predicted molar refractivity (Wildman–Crippen MR) is 107 cm³/mol. The van der Waals surface area contributed by atoms with E-state index in [-0.39, 0.29) is 47.6 Å². The van der Waals surface area contributed by atoms with Crippen LogP contribution in [0, 0.1) is 10.1 Å². The zero-order valence-corrected chi connectivity index (χ0v) is 16.6. The van der Waals surface area contributed by atoms with Crippen molar-refractivity contribution in [2.45, 2.75) is 19.0 Å². The van der Waals surface area contributed by atoms with Crippen LogP contribution in [0.3, 0.4) is 0 Å². The van der Waals surface area contributed by atoms with Crippen molar-refractivity contribution in [2.75, 3.05) is 17.2 Å². The van der Waals surface area contributed by atoms with Crippen LogP contribution >= 0.6 is 0 Å². The van der Waals surface area contributed by atoms with Gasteiger partial charge in [0, 0.05) is 25.1 Å². The summed E-state index contributed by atoms with van der Waals surface area (Å²) in [6, 6.07) is 8.58. The van der Waals surface area contributed by atoms with Crippen LogP contribution in [-0.2, 0) is 9.59 Å². The number of hydrogen-bond acceptors (Lipinski definition) is 6. The number of hydrogen-bond donors (Lipinski definition) is 2. The van der Waals surface area contributed by atoms with Crippen LogP contribution in [0.1, 0.15) is 33.6 Å². The largest absolute Gasteiger partial charge is 0.471 e. The first-order chi connectivity index (χ1) is 15.5. The van der Waals surface area contributed by atoms with Crippen molar-refractivity contribution in [3.8, 4) is 0 Å². The van der Waals surface area contributed by atoms with Gasteiger partial charge in [0.05, 0.1) is 27.4 Å². The number of alkyl halides is 3. The normalized spacial score (nSPS) is 13.0. The van der Waals surface area contributed by atoms with E-state index in [1.54, 1.807) is 5.32 Å². The Bertz CT molecular complexity index is 1160. The van der Waals surface area contributed by atoms with Crippen molar-refractivity contribution in [1.29, 1.82) is 0 Å². The Hall–Kier alpha value is -4.29. The molecule has 0 atom stereocenters. The van der Waals surface area contributed by atoms with Gasteiger partial charge < -0.3 is 10.6 Å². The Morgan fingerprint density at radius 3 is 2.18 bits per heavy atom. The van der Waals surface area contributed by atoms with Crippen LogP contribution in [0.15, 0.2) is 42.5 Å². The van der Waals surface area contributed by atoms with E-state index in [9.17, 15) is 42.5 Å². The van der Waals surface area contributed by atoms with Crippen molar-refractivity contribution in [2.24, 2.45) is 0 Å². The first kappa shape index (κ1) is 23.4. The summed E-state index contributed by atoms with van der Waals surface area (Å²) in [7, 11) is 0. The molecule has 4 amide bonds. The highest BCUT2D eigenvalue weighted by atomic mass is 19.4. The number of non-ortho nitro benzene ring substituents is 1. The number of fused-ring (bicyclic) bond motifs is 1. The van der Waals surface area contributed by atoms with Crippen molar-refractivity contribution in [3.63, 3.8) is 0 Å². The maximum Gasteiger partial charge on any atom is 0.471 e. The molecule has 0 aromatic heterocycles. The van der Waals surface area contributed by atoms with Crippen LogP contribution < -0.4 is 10.6 Å². The van der Waals surface area contributed by atoms with Gasteiger partial charge in [0.25, 0.3) is 17.5 Å². The molecular weight excluding hydrogens is 449 g/mol. The summed E-state index contributed by atoms with van der Waals surface area (Å²) in [4.78, 5) is 59.2.